The number of alkyl halides is 2. The van der Waals surface area contributed by atoms with Crippen LogP contribution in [0.3, 0.4) is 0 Å². The Morgan fingerprint density at radius 1 is 1.25 bits per heavy atom. The van der Waals surface area contributed by atoms with Crippen molar-refractivity contribution in [3.63, 3.8) is 0 Å². The predicted octanol–water partition coefficient (Wildman–Crippen LogP) is 3.61. The molecule has 0 aromatic heterocycles. The molecule has 0 spiro atoms. The van der Waals surface area contributed by atoms with E-state index in [4.69, 9.17) is 0 Å². The highest BCUT2D eigenvalue weighted by Crippen LogP contribution is 2.31. The number of halogens is 5. The standard InChI is InChI=1S/C13H16BrF3N2.ClH/c14-9-1-2-11(15)10(7-9)12(8-13(16)17)19-5-3-18-4-6-19;/h1-2,7,12-13,18H,3-6,8H2;1H/t12-;/m1./s1. The molecule has 0 radical (unpaired) electrons. The van der Waals surface area contributed by atoms with Crippen LogP contribution in [0.5, 0.6) is 0 Å². The summed E-state index contributed by atoms with van der Waals surface area (Å²) >= 11 is 3.27. The van der Waals surface area contributed by atoms with Gasteiger partial charge in [0.1, 0.15) is 5.82 Å². The largest absolute Gasteiger partial charge is 0.314 e. The lowest BCUT2D eigenvalue weighted by Crippen LogP contribution is -2.45. The first-order valence-electron chi connectivity index (χ1n) is 6.26. The van der Waals surface area contributed by atoms with E-state index in [9.17, 15) is 13.2 Å². The maximum absolute atomic E-state index is 13.9. The molecule has 20 heavy (non-hydrogen) atoms. The van der Waals surface area contributed by atoms with Gasteiger partial charge in [-0.2, -0.15) is 0 Å². The number of nitrogens with one attached hydrogen (secondary N) is 1. The van der Waals surface area contributed by atoms with Gasteiger partial charge in [0.25, 0.3) is 0 Å². The molecule has 7 heteroatoms. The van der Waals surface area contributed by atoms with E-state index in [-0.39, 0.29) is 18.8 Å². The predicted molar refractivity (Wildman–Crippen MR) is 79.2 cm³/mol. The van der Waals surface area contributed by atoms with Gasteiger partial charge >= 0.3 is 0 Å². The Morgan fingerprint density at radius 3 is 2.50 bits per heavy atom. The highest BCUT2D eigenvalue weighted by Gasteiger charge is 2.27. The second kappa shape index (κ2) is 8.22. The van der Waals surface area contributed by atoms with E-state index in [0.717, 1.165) is 13.1 Å². The van der Waals surface area contributed by atoms with Crippen molar-refractivity contribution >= 4 is 28.3 Å². The fourth-order valence-electron chi connectivity index (χ4n) is 2.41. The summed E-state index contributed by atoms with van der Waals surface area (Å²) in [6.45, 7) is 2.80. The number of benzene rings is 1. The Balaban J connectivity index is 0.00000200. The first-order chi connectivity index (χ1) is 9.08. The van der Waals surface area contributed by atoms with Gasteiger partial charge in [-0.05, 0) is 18.2 Å². The van der Waals surface area contributed by atoms with Crippen molar-refractivity contribution in [2.75, 3.05) is 26.2 Å². The van der Waals surface area contributed by atoms with E-state index in [1.807, 2.05) is 4.90 Å². The Hall–Kier alpha value is -0.300. The summed E-state index contributed by atoms with van der Waals surface area (Å²) in [6.07, 6.45) is -2.79. The summed E-state index contributed by atoms with van der Waals surface area (Å²) in [5, 5.41) is 3.17. The summed E-state index contributed by atoms with van der Waals surface area (Å²) in [6, 6.07) is 3.93. The van der Waals surface area contributed by atoms with Gasteiger partial charge in [0.2, 0.25) is 6.43 Å². The van der Waals surface area contributed by atoms with E-state index >= 15 is 0 Å². The van der Waals surface area contributed by atoms with Gasteiger partial charge < -0.3 is 5.32 Å². The molecule has 0 amide bonds. The van der Waals surface area contributed by atoms with Crippen LogP contribution in [0.1, 0.15) is 18.0 Å². The zero-order valence-electron chi connectivity index (χ0n) is 10.8. The lowest BCUT2D eigenvalue weighted by molar-refractivity contribution is 0.0725. The molecule has 1 fully saturated rings. The Bertz CT molecular complexity index is 428. The molecule has 0 saturated carbocycles. The Morgan fingerprint density at radius 2 is 1.90 bits per heavy atom. The van der Waals surface area contributed by atoms with Crippen LogP contribution in [0.2, 0.25) is 0 Å². The van der Waals surface area contributed by atoms with E-state index in [1.54, 1.807) is 12.1 Å². The molecule has 1 aromatic carbocycles. The molecule has 1 aromatic rings. The third-order valence-electron chi connectivity index (χ3n) is 3.31. The van der Waals surface area contributed by atoms with E-state index < -0.39 is 18.3 Å². The smallest absolute Gasteiger partial charge is 0.240 e. The first-order valence-corrected chi connectivity index (χ1v) is 7.05. The molecule has 1 atom stereocenters. The molecule has 1 saturated heterocycles. The summed E-state index contributed by atoms with van der Waals surface area (Å²) in [5.41, 5.74) is 0.344. The molecule has 1 N–H and O–H groups in total. The molecule has 114 valence electrons. The molecule has 1 heterocycles. The second-order valence-corrected chi connectivity index (χ2v) is 5.51. The van der Waals surface area contributed by atoms with E-state index in [1.165, 1.54) is 6.07 Å². The van der Waals surface area contributed by atoms with Crippen LogP contribution >= 0.6 is 28.3 Å². The van der Waals surface area contributed by atoms with Crippen LogP contribution in [-0.2, 0) is 0 Å². The third kappa shape index (κ3) is 4.62. The van der Waals surface area contributed by atoms with Crippen LogP contribution in [0.25, 0.3) is 0 Å². The highest BCUT2D eigenvalue weighted by atomic mass is 79.9. The molecule has 0 unspecified atom stereocenters. The van der Waals surface area contributed by atoms with E-state index in [2.05, 4.69) is 21.2 Å². The van der Waals surface area contributed by atoms with Gasteiger partial charge in [0.05, 0.1) is 0 Å². The molecule has 1 aliphatic rings. The van der Waals surface area contributed by atoms with Crippen molar-refractivity contribution in [2.24, 2.45) is 0 Å². The molecule has 2 nitrogen and oxygen atoms in total. The quantitative estimate of drug-likeness (QED) is 0.867. The number of hydrogen-bond acceptors (Lipinski definition) is 2. The normalized spacial score (nSPS) is 17.9. The fourth-order valence-corrected chi connectivity index (χ4v) is 2.78. The van der Waals surface area contributed by atoms with Gasteiger partial charge in [-0.3, -0.25) is 4.90 Å². The summed E-state index contributed by atoms with van der Waals surface area (Å²) in [4.78, 5) is 1.92. The monoisotopic (exact) mass is 372 g/mol. The minimum atomic E-state index is -2.45. The lowest BCUT2D eigenvalue weighted by Gasteiger charge is -2.35. The fraction of sp³-hybridized carbons (Fsp3) is 0.538. The van der Waals surface area contributed by atoms with Crippen molar-refractivity contribution in [3.8, 4) is 0 Å². The number of hydrogen-bond donors (Lipinski definition) is 1. The van der Waals surface area contributed by atoms with E-state index in [0.29, 0.717) is 23.1 Å². The zero-order chi connectivity index (χ0) is 13.8. The van der Waals surface area contributed by atoms with Gasteiger partial charge in [0.15, 0.2) is 0 Å². The van der Waals surface area contributed by atoms with Crippen molar-refractivity contribution in [1.29, 1.82) is 0 Å². The van der Waals surface area contributed by atoms with Gasteiger partial charge in [-0.25, -0.2) is 13.2 Å². The minimum Gasteiger partial charge on any atom is -0.314 e. The number of nitrogens with zero attached hydrogens (tertiary/aromatic N) is 1. The van der Waals surface area contributed by atoms with Crippen LogP contribution in [-0.4, -0.2) is 37.5 Å². The van der Waals surface area contributed by atoms with Crippen LogP contribution in [0.15, 0.2) is 22.7 Å². The van der Waals surface area contributed by atoms with Crippen molar-refractivity contribution in [3.05, 3.63) is 34.1 Å². The van der Waals surface area contributed by atoms with Gasteiger partial charge in [-0.15, -0.1) is 12.4 Å². The summed E-state index contributed by atoms with van der Waals surface area (Å²) in [7, 11) is 0. The highest BCUT2D eigenvalue weighted by molar-refractivity contribution is 9.10. The van der Waals surface area contributed by atoms with Crippen molar-refractivity contribution < 1.29 is 13.2 Å². The number of rotatable bonds is 4. The molecule has 0 bridgehead atoms. The van der Waals surface area contributed by atoms with Gasteiger partial charge in [0, 0.05) is 48.7 Å². The lowest BCUT2D eigenvalue weighted by atomic mass is 10.0. The summed E-state index contributed by atoms with van der Waals surface area (Å²) in [5.74, 6) is -0.424. The molecule has 1 aliphatic heterocycles. The first kappa shape index (κ1) is 17.8. The third-order valence-corrected chi connectivity index (χ3v) is 3.80. The average molecular weight is 374 g/mol. The zero-order valence-corrected chi connectivity index (χ0v) is 13.2. The molecular formula is C13H17BrClF3N2. The maximum Gasteiger partial charge on any atom is 0.240 e. The SMILES string of the molecule is Cl.Fc1ccc(Br)cc1[C@@H](CC(F)F)N1CCNCC1. The molecule has 2 rings (SSSR count). The maximum atomic E-state index is 13.9. The Kier molecular flexibility index (Phi) is 7.29. The Labute approximate surface area is 131 Å². The van der Waals surface area contributed by atoms with Crippen molar-refractivity contribution in [2.45, 2.75) is 18.9 Å². The van der Waals surface area contributed by atoms with Crippen LogP contribution in [0, 0.1) is 5.82 Å². The number of piperazine rings is 1. The summed E-state index contributed by atoms with van der Waals surface area (Å²) < 4.78 is 40.2. The minimum absolute atomic E-state index is 0. The van der Waals surface area contributed by atoms with Crippen molar-refractivity contribution in [1.82, 2.24) is 10.2 Å². The topological polar surface area (TPSA) is 15.3 Å². The second-order valence-electron chi connectivity index (χ2n) is 4.59. The average Bonchev–Trinajstić information content (AvgIpc) is 2.40. The molecular weight excluding hydrogens is 357 g/mol. The van der Waals surface area contributed by atoms with Crippen LogP contribution in [0.4, 0.5) is 13.2 Å². The van der Waals surface area contributed by atoms with Gasteiger partial charge in [-0.1, -0.05) is 15.9 Å². The molecule has 0 aliphatic carbocycles. The van der Waals surface area contributed by atoms with Crippen LogP contribution < -0.4 is 5.32 Å².